The van der Waals surface area contributed by atoms with Gasteiger partial charge in [-0.25, -0.2) is 0 Å². The van der Waals surface area contributed by atoms with Crippen LogP contribution in [0.1, 0.15) is 39.0 Å². The zero-order valence-electron chi connectivity index (χ0n) is 15.6. The van der Waals surface area contributed by atoms with Crippen LogP contribution in [0.25, 0.3) is 0 Å². The Hall–Kier alpha value is -1.91. The van der Waals surface area contributed by atoms with E-state index in [0.29, 0.717) is 15.7 Å². The van der Waals surface area contributed by atoms with Crippen LogP contribution in [0.5, 0.6) is 5.75 Å². The smallest absolute Gasteiger partial charge is 0.243 e. The second kappa shape index (κ2) is 11.7. The third-order valence-corrected chi connectivity index (χ3v) is 4.59. The molecule has 0 fully saturated rings. The van der Waals surface area contributed by atoms with Gasteiger partial charge >= 0.3 is 0 Å². The lowest BCUT2D eigenvalue weighted by Crippen LogP contribution is -2.21. The summed E-state index contributed by atoms with van der Waals surface area (Å²) >= 11 is 12.0. The molecule has 6 heteroatoms. The van der Waals surface area contributed by atoms with E-state index < -0.39 is 0 Å². The van der Waals surface area contributed by atoms with Crippen molar-refractivity contribution in [1.29, 1.82) is 0 Å². The van der Waals surface area contributed by atoms with Gasteiger partial charge in [0.05, 0.1) is 23.9 Å². The van der Waals surface area contributed by atoms with Gasteiger partial charge in [-0.3, -0.25) is 4.79 Å². The molecule has 0 radical (unpaired) electrons. The van der Waals surface area contributed by atoms with Gasteiger partial charge in [0.2, 0.25) is 5.91 Å². The minimum absolute atomic E-state index is 0.125. The van der Waals surface area contributed by atoms with E-state index in [1.54, 1.807) is 18.2 Å². The molecule has 0 unspecified atom stereocenters. The number of nitrogens with one attached hydrogen (secondary N) is 2. The highest BCUT2D eigenvalue weighted by atomic mass is 35.5. The molecule has 0 bridgehead atoms. The maximum atomic E-state index is 12.1. The molecule has 0 saturated carbocycles. The predicted molar refractivity (Wildman–Crippen MR) is 114 cm³/mol. The lowest BCUT2D eigenvalue weighted by molar-refractivity contribution is -0.114. The van der Waals surface area contributed by atoms with Crippen LogP contribution in [-0.2, 0) is 4.79 Å². The molecule has 0 saturated heterocycles. The maximum absolute atomic E-state index is 12.1. The molecule has 1 amide bonds. The zero-order chi connectivity index (χ0) is 19.5. The van der Waals surface area contributed by atoms with Gasteiger partial charge in [-0.15, -0.1) is 0 Å². The molecule has 0 spiro atoms. The Kier molecular flexibility index (Phi) is 9.29. The minimum Gasteiger partial charge on any atom is -0.494 e. The Bertz CT molecular complexity index is 721. The second-order valence-corrected chi connectivity index (χ2v) is 7.16. The van der Waals surface area contributed by atoms with E-state index in [4.69, 9.17) is 27.9 Å². The Labute approximate surface area is 171 Å². The summed E-state index contributed by atoms with van der Waals surface area (Å²) in [5, 5.41) is 6.78. The fourth-order valence-electron chi connectivity index (χ4n) is 2.53. The Morgan fingerprint density at radius 2 is 1.74 bits per heavy atom. The molecule has 0 aliphatic carbocycles. The van der Waals surface area contributed by atoms with Crippen LogP contribution < -0.4 is 15.4 Å². The molecule has 0 aliphatic heterocycles. The summed E-state index contributed by atoms with van der Waals surface area (Å²) in [7, 11) is 0. The Morgan fingerprint density at radius 3 is 2.48 bits per heavy atom. The van der Waals surface area contributed by atoms with Crippen molar-refractivity contribution >= 4 is 40.5 Å². The number of rotatable bonds is 11. The van der Waals surface area contributed by atoms with Gasteiger partial charge in [0, 0.05) is 10.7 Å². The molecule has 2 N–H and O–H groups in total. The molecule has 0 aromatic heterocycles. The lowest BCUT2D eigenvalue weighted by atomic mass is 10.2. The normalized spacial score (nSPS) is 10.5. The number of anilines is 2. The van der Waals surface area contributed by atoms with Crippen LogP contribution in [0.4, 0.5) is 11.4 Å². The number of halogens is 2. The molecular formula is C21H26Cl2N2O2. The van der Waals surface area contributed by atoms with Crippen LogP contribution >= 0.6 is 23.2 Å². The average Bonchev–Trinajstić information content (AvgIpc) is 2.67. The van der Waals surface area contributed by atoms with Gasteiger partial charge in [-0.1, -0.05) is 55.8 Å². The van der Waals surface area contributed by atoms with Crippen molar-refractivity contribution in [2.24, 2.45) is 0 Å². The highest BCUT2D eigenvalue weighted by Crippen LogP contribution is 2.25. The summed E-state index contributed by atoms with van der Waals surface area (Å²) in [6.45, 7) is 3.07. The van der Waals surface area contributed by atoms with E-state index >= 15 is 0 Å². The Balaban J connectivity index is 1.71. The average molecular weight is 409 g/mol. The first-order valence-electron chi connectivity index (χ1n) is 9.30. The van der Waals surface area contributed by atoms with E-state index in [1.807, 2.05) is 24.3 Å². The van der Waals surface area contributed by atoms with Crippen molar-refractivity contribution in [2.75, 3.05) is 23.8 Å². The van der Waals surface area contributed by atoms with Crippen LogP contribution in [0, 0.1) is 0 Å². The molecule has 0 aliphatic rings. The Morgan fingerprint density at radius 1 is 1.00 bits per heavy atom. The van der Waals surface area contributed by atoms with Crippen molar-refractivity contribution in [3.05, 3.63) is 52.5 Å². The molecule has 4 nitrogen and oxygen atoms in total. The second-order valence-electron chi connectivity index (χ2n) is 6.31. The number of carbonyl (C=O) groups excluding carboxylic acids is 1. The fraction of sp³-hybridized carbons (Fsp3) is 0.381. The van der Waals surface area contributed by atoms with Crippen molar-refractivity contribution in [3.8, 4) is 5.75 Å². The number of amides is 1. The van der Waals surface area contributed by atoms with Gasteiger partial charge in [-0.2, -0.15) is 0 Å². The van der Waals surface area contributed by atoms with Crippen LogP contribution in [0.15, 0.2) is 42.5 Å². The van der Waals surface area contributed by atoms with Gasteiger partial charge < -0.3 is 15.4 Å². The minimum atomic E-state index is -0.202. The standard InChI is InChI=1S/C21H26Cl2N2O2/c1-2-3-4-5-6-13-27-18-10-8-17(9-11-18)24-15-21(26)25-20-14-16(22)7-12-19(20)23/h7-12,14,24H,2-6,13,15H2,1H3,(H,25,26). The monoisotopic (exact) mass is 408 g/mol. The van der Waals surface area contributed by atoms with Crippen molar-refractivity contribution < 1.29 is 9.53 Å². The fourth-order valence-corrected chi connectivity index (χ4v) is 2.87. The molecule has 2 rings (SSSR count). The van der Waals surface area contributed by atoms with E-state index in [0.717, 1.165) is 24.5 Å². The largest absolute Gasteiger partial charge is 0.494 e. The topological polar surface area (TPSA) is 50.4 Å². The third-order valence-electron chi connectivity index (χ3n) is 4.03. The summed E-state index contributed by atoms with van der Waals surface area (Å²) in [6, 6.07) is 12.5. The first-order valence-corrected chi connectivity index (χ1v) is 10.1. The SMILES string of the molecule is CCCCCCCOc1ccc(NCC(=O)Nc2cc(Cl)ccc2Cl)cc1. The first kappa shape index (κ1) is 21.4. The van der Waals surface area contributed by atoms with Crippen molar-refractivity contribution in [3.63, 3.8) is 0 Å². The molecule has 2 aromatic rings. The number of hydrogen-bond acceptors (Lipinski definition) is 3. The molecule has 146 valence electrons. The quantitative estimate of drug-likeness (QED) is 0.423. The number of unbranched alkanes of at least 4 members (excludes halogenated alkanes) is 4. The summed E-state index contributed by atoms with van der Waals surface area (Å²) in [6.07, 6.45) is 6.09. The van der Waals surface area contributed by atoms with Crippen LogP contribution in [-0.4, -0.2) is 19.1 Å². The third kappa shape index (κ3) is 8.10. The molecular weight excluding hydrogens is 383 g/mol. The summed E-state index contributed by atoms with van der Waals surface area (Å²) in [5.74, 6) is 0.637. The maximum Gasteiger partial charge on any atom is 0.243 e. The van der Waals surface area contributed by atoms with Gasteiger partial charge in [0.15, 0.2) is 0 Å². The van der Waals surface area contributed by atoms with E-state index in [1.165, 1.54) is 25.7 Å². The summed E-state index contributed by atoms with van der Waals surface area (Å²) < 4.78 is 5.74. The van der Waals surface area contributed by atoms with Crippen molar-refractivity contribution in [1.82, 2.24) is 0 Å². The number of carbonyl (C=O) groups is 1. The van der Waals surface area contributed by atoms with Crippen molar-refractivity contribution in [2.45, 2.75) is 39.0 Å². The number of hydrogen-bond donors (Lipinski definition) is 2. The first-order chi connectivity index (χ1) is 13.1. The lowest BCUT2D eigenvalue weighted by Gasteiger charge is -2.10. The van der Waals surface area contributed by atoms with Crippen LogP contribution in [0.2, 0.25) is 10.0 Å². The molecule has 0 heterocycles. The molecule has 2 aromatic carbocycles. The molecule has 27 heavy (non-hydrogen) atoms. The highest BCUT2D eigenvalue weighted by molar-refractivity contribution is 6.35. The van der Waals surface area contributed by atoms with Gasteiger partial charge in [0.1, 0.15) is 5.75 Å². The van der Waals surface area contributed by atoms with Gasteiger partial charge in [0.25, 0.3) is 0 Å². The highest BCUT2D eigenvalue weighted by Gasteiger charge is 2.06. The molecule has 0 atom stereocenters. The predicted octanol–water partition coefficient (Wildman–Crippen LogP) is 6.39. The van der Waals surface area contributed by atoms with E-state index in [2.05, 4.69) is 17.6 Å². The number of benzene rings is 2. The van der Waals surface area contributed by atoms with Crippen LogP contribution in [0.3, 0.4) is 0 Å². The summed E-state index contributed by atoms with van der Waals surface area (Å²) in [4.78, 5) is 12.1. The number of ether oxygens (including phenoxy) is 1. The van der Waals surface area contributed by atoms with Gasteiger partial charge in [-0.05, 0) is 48.9 Å². The zero-order valence-corrected chi connectivity index (χ0v) is 17.1. The summed E-state index contributed by atoms with van der Waals surface area (Å²) in [5.41, 5.74) is 1.34. The van der Waals surface area contributed by atoms with E-state index in [-0.39, 0.29) is 12.5 Å². The van der Waals surface area contributed by atoms with E-state index in [9.17, 15) is 4.79 Å².